The Morgan fingerprint density at radius 2 is 1.88 bits per heavy atom. The molecule has 1 aromatic rings. The van der Waals surface area contributed by atoms with Gasteiger partial charge in [-0.1, -0.05) is 30.4 Å². The van der Waals surface area contributed by atoms with E-state index in [-0.39, 0.29) is 11.8 Å². The number of allylic oxidation sites excluding steroid dienone is 3. The van der Waals surface area contributed by atoms with Crippen LogP contribution in [0.5, 0.6) is 11.5 Å². The minimum Gasteiger partial charge on any atom is -0.481 e. The molecule has 8 atom stereocenters. The average molecular weight is 350 g/mol. The van der Waals surface area contributed by atoms with Gasteiger partial charge in [-0.25, -0.2) is 0 Å². The van der Waals surface area contributed by atoms with Gasteiger partial charge in [0.25, 0.3) is 0 Å². The maximum absolute atomic E-state index is 11.6. The van der Waals surface area contributed by atoms with Crippen LogP contribution in [0.2, 0.25) is 0 Å². The summed E-state index contributed by atoms with van der Waals surface area (Å²) < 4.78 is 11.0. The lowest BCUT2D eigenvalue weighted by atomic mass is 9.50. The molecule has 1 aliphatic heterocycles. The van der Waals surface area contributed by atoms with Crippen LogP contribution in [-0.2, 0) is 11.2 Å². The van der Waals surface area contributed by atoms with E-state index in [1.165, 1.54) is 12.0 Å². The van der Waals surface area contributed by atoms with Gasteiger partial charge >= 0.3 is 5.97 Å². The third-order valence-electron chi connectivity index (χ3n) is 7.64. The van der Waals surface area contributed by atoms with Crippen LogP contribution in [0, 0.1) is 47.3 Å². The monoisotopic (exact) mass is 350 g/mol. The molecule has 1 N–H and O–H groups in total. The largest absolute Gasteiger partial charge is 0.481 e. The van der Waals surface area contributed by atoms with Crippen molar-refractivity contribution in [2.75, 3.05) is 6.79 Å². The highest BCUT2D eigenvalue weighted by atomic mass is 16.7. The van der Waals surface area contributed by atoms with Gasteiger partial charge < -0.3 is 14.6 Å². The summed E-state index contributed by atoms with van der Waals surface area (Å²) in [5.74, 6) is 4.69. The predicted octanol–water partition coefficient (Wildman–Crippen LogP) is 3.53. The molecule has 0 amide bonds. The first-order chi connectivity index (χ1) is 12.7. The summed E-state index contributed by atoms with van der Waals surface area (Å²) in [6.45, 7) is 0.320. The summed E-state index contributed by atoms with van der Waals surface area (Å²) in [6.07, 6.45) is 11.0. The molecule has 2 saturated carbocycles. The van der Waals surface area contributed by atoms with E-state index in [0.717, 1.165) is 23.8 Å². The molecule has 1 aromatic carbocycles. The number of rotatable bonds is 3. The van der Waals surface area contributed by atoms with Crippen molar-refractivity contribution in [2.45, 2.75) is 12.8 Å². The van der Waals surface area contributed by atoms with Gasteiger partial charge in [-0.15, -0.1) is 0 Å². The van der Waals surface area contributed by atoms with E-state index in [1.54, 1.807) is 0 Å². The molecule has 0 spiro atoms. The first-order valence-corrected chi connectivity index (χ1v) is 9.69. The third kappa shape index (κ3) is 1.88. The second-order valence-electron chi connectivity index (χ2n) is 8.56. The van der Waals surface area contributed by atoms with Gasteiger partial charge in [0.05, 0.1) is 5.92 Å². The van der Waals surface area contributed by atoms with Crippen LogP contribution >= 0.6 is 0 Å². The highest BCUT2D eigenvalue weighted by Crippen LogP contribution is 2.67. The molecule has 26 heavy (non-hydrogen) atoms. The molecule has 4 nitrogen and oxygen atoms in total. The summed E-state index contributed by atoms with van der Waals surface area (Å²) in [7, 11) is 0. The lowest BCUT2D eigenvalue weighted by Gasteiger charge is -2.54. The fraction of sp³-hybridized carbons (Fsp3) is 0.500. The Bertz CT molecular complexity index is 841. The number of hydrogen-bond acceptors (Lipinski definition) is 3. The Labute approximate surface area is 152 Å². The summed E-state index contributed by atoms with van der Waals surface area (Å²) in [6, 6.07) is 6.32. The van der Waals surface area contributed by atoms with E-state index in [0.29, 0.717) is 36.4 Å². The van der Waals surface area contributed by atoms with Crippen molar-refractivity contribution in [1.82, 2.24) is 0 Å². The summed E-state index contributed by atoms with van der Waals surface area (Å²) >= 11 is 0. The van der Waals surface area contributed by atoms with Gasteiger partial charge in [-0.05, 0) is 72.0 Å². The first-order valence-electron chi connectivity index (χ1n) is 9.69. The van der Waals surface area contributed by atoms with Crippen molar-refractivity contribution >= 4 is 5.97 Å². The third-order valence-corrected chi connectivity index (χ3v) is 7.64. The topological polar surface area (TPSA) is 55.8 Å². The van der Waals surface area contributed by atoms with Crippen LogP contribution in [0.4, 0.5) is 0 Å². The fourth-order valence-electron chi connectivity index (χ4n) is 6.66. The molecule has 2 unspecified atom stereocenters. The lowest BCUT2D eigenvalue weighted by Crippen LogP contribution is -2.51. The highest BCUT2D eigenvalue weighted by molar-refractivity contribution is 5.73. The Hall–Kier alpha value is -2.23. The van der Waals surface area contributed by atoms with Crippen LogP contribution in [0.1, 0.15) is 12.0 Å². The maximum Gasteiger partial charge on any atom is 0.310 e. The lowest BCUT2D eigenvalue weighted by molar-refractivity contribution is -0.143. The molecular weight excluding hydrogens is 328 g/mol. The van der Waals surface area contributed by atoms with E-state index in [9.17, 15) is 9.90 Å². The van der Waals surface area contributed by atoms with Crippen molar-refractivity contribution in [1.29, 1.82) is 0 Å². The molecular formula is C22H22O4. The molecule has 5 aliphatic rings. The standard InChI is InChI=1S/C22H22O4/c23-22(24)15-3-2-12-9-17-16(14-5-4-13(15)20(12)21(14)17)7-11-1-6-18-19(8-11)26-10-25-18/h1-6,8,12-17,20-21H,7,9-10H2,(H,23,24)/t12-,13+,14-,15-,16-,17+,20?,21?/m1/s1. The van der Waals surface area contributed by atoms with Gasteiger partial charge in [0.2, 0.25) is 6.79 Å². The van der Waals surface area contributed by atoms with Gasteiger partial charge in [0.15, 0.2) is 11.5 Å². The van der Waals surface area contributed by atoms with E-state index in [2.05, 4.69) is 30.4 Å². The Morgan fingerprint density at radius 1 is 1.04 bits per heavy atom. The van der Waals surface area contributed by atoms with Crippen molar-refractivity contribution in [3.8, 4) is 11.5 Å². The maximum atomic E-state index is 11.6. The quantitative estimate of drug-likeness (QED) is 0.848. The molecule has 1 heterocycles. The number of benzene rings is 1. The van der Waals surface area contributed by atoms with E-state index in [1.807, 2.05) is 12.1 Å². The van der Waals surface area contributed by atoms with Crippen LogP contribution in [-0.4, -0.2) is 17.9 Å². The Balaban J connectivity index is 1.28. The smallest absolute Gasteiger partial charge is 0.310 e. The molecule has 4 aliphatic carbocycles. The van der Waals surface area contributed by atoms with E-state index >= 15 is 0 Å². The normalized spacial score (nSPS) is 43.1. The zero-order valence-corrected chi connectivity index (χ0v) is 14.5. The van der Waals surface area contributed by atoms with E-state index in [4.69, 9.17) is 9.47 Å². The summed E-state index contributed by atoms with van der Waals surface area (Å²) in [4.78, 5) is 11.6. The molecule has 0 bridgehead atoms. The van der Waals surface area contributed by atoms with Crippen LogP contribution < -0.4 is 9.47 Å². The second kappa shape index (κ2) is 5.15. The SMILES string of the molecule is O=C(O)[C@@H]1C=C[C@@H]2C[C@@H]3C4C2[C@H]1C=C[C@@H]4[C@H]3Cc1ccc2c(c1)OCO2. The van der Waals surface area contributed by atoms with Crippen LogP contribution in [0.15, 0.2) is 42.5 Å². The molecule has 0 aromatic heterocycles. The molecule has 2 fully saturated rings. The minimum absolute atomic E-state index is 0.195. The molecule has 134 valence electrons. The number of hydrogen-bond donors (Lipinski definition) is 1. The summed E-state index contributed by atoms with van der Waals surface area (Å²) in [5, 5.41) is 9.56. The van der Waals surface area contributed by atoms with Crippen molar-refractivity contribution < 1.29 is 19.4 Å². The van der Waals surface area contributed by atoms with Crippen LogP contribution in [0.3, 0.4) is 0 Å². The molecule has 0 radical (unpaired) electrons. The van der Waals surface area contributed by atoms with Crippen molar-refractivity contribution in [2.24, 2.45) is 47.3 Å². The minimum atomic E-state index is -0.674. The van der Waals surface area contributed by atoms with E-state index < -0.39 is 5.97 Å². The number of carbonyl (C=O) groups is 1. The van der Waals surface area contributed by atoms with Crippen molar-refractivity contribution in [3.63, 3.8) is 0 Å². The number of carboxylic acids is 1. The Kier molecular flexibility index (Phi) is 2.95. The van der Waals surface area contributed by atoms with Gasteiger partial charge in [0, 0.05) is 0 Å². The van der Waals surface area contributed by atoms with Crippen LogP contribution in [0.25, 0.3) is 0 Å². The number of ether oxygens (including phenoxy) is 2. The highest BCUT2D eigenvalue weighted by Gasteiger charge is 2.62. The van der Waals surface area contributed by atoms with Crippen molar-refractivity contribution in [3.05, 3.63) is 48.1 Å². The zero-order chi connectivity index (χ0) is 17.4. The Morgan fingerprint density at radius 3 is 2.77 bits per heavy atom. The second-order valence-corrected chi connectivity index (χ2v) is 8.56. The number of fused-ring (bicyclic) bond motifs is 1. The predicted molar refractivity (Wildman–Crippen MR) is 94.7 cm³/mol. The fourth-order valence-corrected chi connectivity index (χ4v) is 6.66. The number of carboxylic acid groups (broad SMARTS) is 1. The van der Waals surface area contributed by atoms with Gasteiger partial charge in [-0.2, -0.15) is 0 Å². The molecule has 0 saturated heterocycles. The number of aliphatic carboxylic acids is 1. The van der Waals surface area contributed by atoms with Gasteiger partial charge in [-0.3, -0.25) is 4.79 Å². The average Bonchev–Trinajstić information content (AvgIpc) is 3.23. The molecule has 6 rings (SSSR count). The zero-order valence-electron chi connectivity index (χ0n) is 14.5. The summed E-state index contributed by atoms with van der Waals surface area (Å²) in [5.41, 5.74) is 1.32. The van der Waals surface area contributed by atoms with Gasteiger partial charge in [0.1, 0.15) is 0 Å². The molecule has 4 heteroatoms. The first kappa shape index (κ1) is 14.9.